The SMILES string of the molecule is Cc1c(C)c2c(c(C)c1O)CCC(C)(COc1cc[c]cc1)O2. The third kappa shape index (κ3) is 2.88. The number of ether oxygens (including phenoxy) is 2. The molecular weight excluding hydrogens is 288 g/mol. The van der Waals surface area contributed by atoms with E-state index in [1.54, 1.807) is 0 Å². The highest BCUT2D eigenvalue weighted by Crippen LogP contribution is 2.43. The van der Waals surface area contributed by atoms with E-state index in [0.29, 0.717) is 12.4 Å². The van der Waals surface area contributed by atoms with Crippen LogP contribution in [0, 0.1) is 26.8 Å². The van der Waals surface area contributed by atoms with Crippen LogP contribution in [0.4, 0.5) is 0 Å². The molecule has 1 aliphatic heterocycles. The molecule has 0 amide bonds. The van der Waals surface area contributed by atoms with Gasteiger partial charge in [0.15, 0.2) is 0 Å². The molecule has 1 atom stereocenters. The Morgan fingerprint density at radius 2 is 1.87 bits per heavy atom. The fraction of sp³-hybridized carbons (Fsp3) is 0.400. The summed E-state index contributed by atoms with van der Waals surface area (Å²) in [5, 5.41) is 10.2. The van der Waals surface area contributed by atoms with E-state index in [4.69, 9.17) is 9.47 Å². The molecule has 0 aliphatic carbocycles. The van der Waals surface area contributed by atoms with E-state index in [-0.39, 0.29) is 5.60 Å². The first-order chi connectivity index (χ1) is 10.9. The third-order valence-electron chi connectivity index (χ3n) is 4.82. The van der Waals surface area contributed by atoms with Gasteiger partial charge in [-0.3, -0.25) is 0 Å². The molecule has 1 heterocycles. The van der Waals surface area contributed by atoms with Gasteiger partial charge in [0.25, 0.3) is 0 Å². The minimum atomic E-state index is -0.368. The molecule has 0 saturated carbocycles. The molecule has 3 rings (SSSR count). The molecular formula is C20H23O3. The number of rotatable bonds is 3. The van der Waals surface area contributed by atoms with Gasteiger partial charge in [0.2, 0.25) is 0 Å². The number of fused-ring (bicyclic) bond motifs is 1. The molecule has 1 N–H and O–H groups in total. The quantitative estimate of drug-likeness (QED) is 0.919. The Bertz CT molecular complexity index is 722. The minimum Gasteiger partial charge on any atom is -0.507 e. The molecule has 1 unspecified atom stereocenters. The summed E-state index contributed by atoms with van der Waals surface area (Å²) in [5.74, 6) is 2.14. The van der Waals surface area contributed by atoms with Gasteiger partial charge in [-0.2, -0.15) is 0 Å². The van der Waals surface area contributed by atoms with Crippen LogP contribution in [0.25, 0.3) is 0 Å². The fourth-order valence-corrected chi connectivity index (χ4v) is 3.10. The van der Waals surface area contributed by atoms with Gasteiger partial charge >= 0.3 is 0 Å². The molecule has 2 aromatic rings. The van der Waals surface area contributed by atoms with Crippen molar-refractivity contribution in [2.24, 2.45) is 0 Å². The predicted molar refractivity (Wildman–Crippen MR) is 90.4 cm³/mol. The highest BCUT2D eigenvalue weighted by Gasteiger charge is 2.35. The summed E-state index contributed by atoms with van der Waals surface area (Å²) in [5.41, 5.74) is 3.60. The van der Waals surface area contributed by atoms with Crippen molar-refractivity contribution in [1.82, 2.24) is 0 Å². The van der Waals surface area contributed by atoms with Gasteiger partial charge in [-0.25, -0.2) is 0 Å². The van der Waals surface area contributed by atoms with Crippen LogP contribution in [0.2, 0.25) is 0 Å². The van der Waals surface area contributed by atoms with Crippen LogP contribution in [0.15, 0.2) is 24.3 Å². The van der Waals surface area contributed by atoms with E-state index < -0.39 is 0 Å². The van der Waals surface area contributed by atoms with Crippen LogP contribution >= 0.6 is 0 Å². The van der Waals surface area contributed by atoms with Crippen molar-refractivity contribution in [2.45, 2.75) is 46.1 Å². The van der Waals surface area contributed by atoms with Gasteiger partial charge in [-0.1, -0.05) is 12.1 Å². The van der Waals surface area contributed by atoms with Crippen molar-refractivity contribution in [3.05, 3.63) is 52.6 Å². The second kappa shape index (κ2) is 5.80. The van der Waals surface area contributed by atoms with Crippen LogP contribution in [-0.2, 0) is 6.42 Å². The maximum atomic E-state index is 10.2. The van der Waals surface area contributed by atoms with Crippen LogP contribution in [0.5, 0.6) is 17.2 Å². The monoisotopic (exact) mass is 311 g/mol. The molecule has 3 heteroatoms. The molecule has 0 spiro atoms. The van der Waals surface area contributed by atoms with Crippen molar-refractivity contribution in [3.8, 4) is 17.2 Å². The number of aromatic hydroxyl groups is 1. The summed E-state index contributed by atoms with van der Waals surface area (Å²) in [6.07, 6.45) is 1.75. The third-order valence-corrected chi connectivity index (χ3v) is 4.82. The van der Waals surface area contributed by atoms with E-state index in [0.717, 1.165) is 46.6 Å². The first kappa shape index (κ1) is 15.7. The summed E-state index contributed by atoms with van der Waals surface area (Å²) >= 11 is 0. The van der Waals surface area contributed by atoms with E-state index in [1.165, 1.54) is 0 Å². The van der Waals surface area contributed by atoms with Crippen LogP contribution < -0.4 is 9.47 Å². The van der Waals surface area contributed by atoms with Gasteiger partial charge in [-0.15, -0.1) is 0 Å². The summed E-state index contributed by atoms with van der Waals surface area (Å²) < 4.78 is 12.2. The average molecular weight is 311 g/mol. The normalized spacial score (nSPS) is 19.8. The number of phenolic OH excluding ortho intramolecular Hbond substituents is 1. The molecule has 1 aliphatic rings. The highest BCUT2D eigenvalue weighted by molar-refractivity contribution is 5.58. The Hall–Kier alpha value is -2.16. The van der Waals surface area contributed by atoms with Gasteiger partial charge in [0, 0.05) is 5.56 Å². The predicted octanol–water partition coefficient (Wildman–Crippen LogP) is 4.28. The molecule has 1 radical (unpaired) electrons. The minimum absolute atomic E-state index is 0.368. The standard InChI is InChI=1S/C20H23O3/c1-13-14(2)19-17(15(3)18(13)21)10-11-20(4,23-19)12-22-16-8-6-5-7-9-16/h6-9,21H,10-12H2,1-4H3. The molecule has 0 saturated heterocycles. The lowest BCUT2D eigenvalue weighted by Gasteiger charge is -2.37. The molecule has 0 aromatic heterocycles. The zero-order chi connectivity index (χ0) is 16.6. The second-order valence-electron chi connectivity index (χ2n) is 6.61. The molecule has 121 valence electrons. The lowest BCUT2D eigenvalue weighted by molar-refractivity contribution is 0.0166. The van der Waals surface area contributed by atoms with E-state index in [1.807, 2.05) is 45.0 Å². The lowest BCUT2D eigenvalue weighted by atomic mass is 9.87. The van der Waals surface area contributed by atoms with Crippen LogP contribution in [0.1, 0.15) is 35.6 Å². The van der Waals surface area contributed by atoms with Crippen LogP contribution in [0.3, 0.4) is 0 Å². The Morgan fingerprint density at radius 1 is 1.17 bits per heavy atom. The number of hydrogen-bond acceptors (Lipinski definition) is 3. The van der Waals surface area contributed by atoms with Gasteiger partial charge in [0.05, 0.1) is 0 Å². The Kier molecular flexibility index (Phi) is 3.97. The van der Waals surface area contributed by atoms with Crippen molar-refractivity contribution >= 4 is 0 Å². The smallest absolute Gasteiger partial charge is 0.140 e. The zero-order valence-corrected chi connectivity index (χ0v) is 14.2. The van der Waals surface area contributed by atoms with Crippen molar-refractivity contribution in [3.63, 3.8) is 0 Å². The fourth-order valence-electron chi connectivity index (χ4n) is 3.10. The lowest BCUT2D eigenvalue weighted by Crippen LogP contribution is -2.42. The topological polar surface area (TPSA) is 38.7 Å². The number of phenols is 1. The highest BCUT2D eigenvalue weighted by atomic mass is 16.5. The first-order valence-electron chi connectivity index (χ1n) is 8.01. The maximum absolute atomic E-state index is 10.2. The molecule has 3 nitrogen and oxygen atoms in total. The summed E-state index contributed by atoms with van der Waals surface area (Å²) in [4.78, 5) is 0. The van der Waals surface area contributed by atoms with Gasteiger partial charge in [0.1, 0.15) is 29.5 Å². The van der Waals surface area contributed by atoms with E-state index in [2.05, 4.69) is 13.0 Å². The Balaban J connectivity index is 1.84. The van der Waals surface area contributed by atoms with E-state index in [9.17, 15) is 5.11 Å². The van der Waals surface area contributed by atoms with Crippen molar-refractivity contribution in [1.29, 1.82) is 0 Å². The number of hydrogen-bond donors (Lipinski definition) is 1. The first-order valence-corrected chi connectivity index (χ1v) is 8.01. The largest absolute Gasteiger partial charge is 0.507 e. The molecule has 0 bridgehead atoms. The summed E-state index contributed by atoms with van der Waals surface area (Å²) in [6, 6.07) is 10.5. The zero-order valence-electron chi connectivity index (χ0n) is 14.2. The van der Waals surface area contributed by atoms with Crippen LogP contribution in [-0.4, -0.2) is 17.3 Å². The second-order valence-corrected chi connectivity index (χ2v) is 6.61. The average Bonchev–Trinajstić information content (AvgIpc) is 2.57. The number of benzene rings is 2. The summed E-state index contributed by atoms with van der Waals surface area (Å²) in [7, 11) is 0. The Labute approximate surface area is 137 Å². The molecule has 23 heavy (non-hydrogen) atoms. The van der Waals surface area contributed by atoms with Gasteiger partial charge < -0.3 is 14.6 Å². The Morgan fingerprint density at radius 3 is 2.57 bits per heavy atom. The molecule has 2 aromatic carbocycles. The maximum Gasteiger partial charge on any atom is 0.140 e. The molecule has 0 fully saturated rings. The van der Waals surface area contributed by atoms with Gasteiger partial charge in [-0.05, 0) is 75.4 Å². The van der Waals surface area contributed by atoms with Crippen molar-refractivity contribution in [2.75, 3.05) is 6.61 Å². The van der Waals surface area contributed by atoms with E-state index >= 15 is 0 Å². The summed E-state index contributed by atoms with van der Waals surface area (Å²) in [6.45, 7) is 8.48. The van der Waals surface area contributed by atoms with Crippen molar-refractivity contribution < 1.29 is 14.6 Å².